The number of hydrogen-bond donors (Lipinski definition) is 0. The number of halogens is 6. The highest BCUT2D eigenvalue weighted by Crippen LogP contribution is 2.35. The lowest BCUT2D eigenvalue weighted by Crippen LogP contribution is -2.44. The van der Waals surface area contributed by atoms with Gasteiger partial charge in [0.05, 0.1) is 11.4 Å². The molecule has 26 heavy (non-hydrogen) atoms. The molecule has 2 nitrogen and oxygen atoms in total. The molecule has 9 heteroatoms. The van der Waals surface area contributed by atoms with Crippen molar-refractivity contribution in [2.45, 2.75) is 56.9 Å². The van der Waals surface area contributed by atoms with E-state index < -0.39 is 24.1 Å². The molecule has 0 spiro atoms. The molecule has 1 aliphatic heterocycles. The van der Waals surface area contributed by atoms with Crippen LogP contribution < -0.4 is 0 Å². The molecule has 1 saturated heterocycles. The van der Waals surface area contributed by atoms with Gasteiger partial charge >= 0.3 is 12.4 Å². The highest BCUT2D eigenvalue weighted by atomic mass is 32.2. The second kappa shape index (κ2) is 7.70. The molecule has 146 valence electrons. The van der Waals surface area contributed by atoms with E-state index in [0.29, 0.717) is 46.6 Å². The van der Waals surface area contributed by atoms with E-state index in [0.717, 1.165) is 12.5 Å². The zero-order valence-corrected chi connectivity index (χ0v) is 15.4. The third-order valence-corrected chi connectivity index (χ3v) is 5.43. The van der Waals surface area contributed by atoms with E-state index in [4.69, 9.17) is 0 Å². The Bertz CT molecular complexity index is 681. The fourth-order valence-corrected chi connectivity index (χ4v) is 3.59. The molecule has 0 aliphatic carbocycles. The summed E-state index contributed by atoms with van der Waals surface area (Å²) in [7, 11) is 0. The van der Waals surface area contributed by atoms with Crippen LogP contribution in [0.1, 0.15) is 30.9 Å². The number of nitrogens with zero attached hydrogens (tertiary/aromatic N) is 2. The number of hydrogen-bond acceptors (Lipinski definition) is 2. The van der Waals surface area contributed by atoms with E-state index in [1.807, 2.05) is 0 Å². The molecule has 1 aliphatic rings. The summed E-state index contributed by atoms with van der Waals surface area (Å²) in [5, 5.41) is 0. The minimum Gasteiger partial charge on any atom is -0.348 e. The van der Waals surface area contributed by atoms with Gasteiger partial charge in [-0.2, -0.15) is 26.3 Å². The van der Waals surface area contributed by atoms with Crippen LogP contribution in [0.15, 0.2) is 22.0 Å². The number of benzene rings is 1. The molecule has 1 heterocycles. The monoisotopic (exact) mass is 398 g/mol. The predicted molar refractivity (Wildman–Crippen MR) is 91.2 cm³/mol. The first-order valence-electron chi connectivity index (χ1n) is 8.10. The smallest absolute Gasteiger partial charge is 0.348 e. The average Bonchev–Trinajstić information content (AvgIpc) is 2.94. The molecule has 0 radical (unpaired) electrons. The van der Waals surface area contributed by atoms with Gasteiger partial charge in [-0.3, -0.25) is 0 Å². The molecular weight excluding hydrogens is 378 g/mol. The third kappa shape index (κ3) is 5.31. The standard InChI is InChI=1S/C17H20F6N2S/c1-10-7-11(2)14(26-9-16(18,19)20)8-13(10)24-15-5-4-6-25(15)12(3)17(21,22)23/h7-8,12H,4-6,9H2,1-3H3. The number of likely N-dealkylation sites (tertiary alicyclic amines) is 1. The molecule has 1 unspecified atom stereocenters. The first kappa shape index (κ1) is 20.9. The Morgan fingerprint density at radius 2 is 1.77 bits per heavy atom. The molecule has 1 aromatic carbocycles. The van der Waals surface area contributed by atoms with Crippen molar-refractivity contribution in [1.82, 2.24) is 4.90 Å². The Morgan fingerprint density at radius 1 is 1.12 bits per heavy atom. The zero-order valence-electron chi connectivity index (χ0n) is 14.6. The molecule has 0 bridgehead atoms. The van der Waals surface area contributed by atoms with E-state index in [1.165, 1.54) is 11.0 Å². The first-order valence-corrected chi connectivity index (χ1v) is 9.09. The largest absolute Gasteiger partial charge is 0.408 e. The Hall–Kier alpha value is -1.38. The van der Waals surface area contributed by atoms with E-state index in [9.17, 15) is 26.3 Å². The Balaban J connectivity index is 2.31. The van der Waals surface area contributed by atoms with Crippen molar-refractivity contribution in [1.29, 1.82) is 0 Å². The van der Waals surface area contributed by atoms with Gasteiger partial charge < -0.3 is 4.90 Å². The summed E-state index contributed by atoms with van der Waals surface area (Å²) in [4.78, 5) is 6.02. The lowest BCUT2D eigenvalue weighted by Gasteiger charge is -2.28. The summed E-state index contributed by atoms with van der Waals surface area (Å²) in [5.74, 6) is -0.696. The summed E-state index contributed by atoms with van der Waals surface area (Å²) in [5.41, 5.74) is 1.82. The lowest BCUT2D eigenvalue weighted by atomic mass is 10.1. The topological polar surface area (TPSA) is 15.6 Å². The van der Waals surface area contributed by atoms with Gasteiger partial charge in [-0.1, -0.05) is 6.07 Å². The van der Waals surface area contributed by atoms with Gasteiger partial charge in [-0.05, 0) is 44.4 Å². The van der Waals surface area contributed by atoms with E-state index >= 15 is 0 Å². The normalized spacial score (nSPS) is 18.7. The van der Waals surface area contributed by atoms with Crippen LogP contribution in [0.5, 0.6) is 0 Å². The van der Waals surface area contributed by atoms with Gasteiger partial charge in [-0.15, -0.1) is 11.8 Å². The molecule has 0 saturated carbocycles. The number of rotatable bonds is 4. The Morgan fingerprint density at radius 3 is 2.35 bits per heavy atom. The van der Waals surface area contributed by atoms with Crippen molar-refractivity contribution < 1.29 is 26.3 Å². The molecule has 1 fully saturated rings. The van der Waals surface area contributed by atoms with E-state index in [1.54, 1.807) is 19.9 Å². The molecule has 0 amide bonds. The van der Waals surface area contributed by atoms with Crippen molar-refractivity contribution in [3.8, 4) is 0 Å². The summed E-state index contributed by atoms with van der Waals surface area (Å²) in [6.07, 6.45) is -7.67. The number of aliphatic imine (C=N–C) groups is 1. The molecule has 0 aromatic heterocycles. The highest BCUT2D eigenvalue weighted by molar-refractivity contribution is 7.99. The van der Waals surface area contributed by atoms with Crippen LogP contribution in [-0.4, -0.2) is 41.4 Å². The van der Waals surface area contributed by atoms with E-state index in [2.05, 4.69) is 4.99 Å². The van der Waals surface area contributed by atoms with Crippen molar-refractivity contribution in [2.24, 2.45) is 4.99 Å². The maximum Gasteiger partial charge on any atom is 0.408 e. The Kier molecular flexibility index (Phi) is 6.20. The summed E-state index contributed by atoms with van der Waals surface area (Å²) >= 11 is 0.658. The minimum absolute atomic E-state index is 0.264. The fraction of sp³-hybridized carbons (Fsp3) is 0.588. The molecule has 2 rings (SSSR count). The molecule has 1 aromatic rings. The SMILES string of the molecule is Cc1cc(C)c(SCC(F)(F)F)cc1N=C1CCCN1C(C)C(F)(F)F. The van der Waals surface area contributed by atoms with E-state index in [-0.39, 0.29) is 6.54 Å². The second-order valence-electron chi connectivity index (χ2n) is 6.35. The second-order valence-corrected chi connectivity index (χ2v) is 7.37. The number of aryl methyl sites for hydroxylation is 2. The summed E-state index contributed by atoms with van der Waals surface area (Å²) in [6, 6.07) is 1.60. The van der Waals surface area contributed by atoms with Gasteiger partial charge in [0.2, 0.25) is 0 Å². The summed E-state index contributed by atoms with van der Waals surface area (Å²) in [6.45, 7) is 4.81. The molecular formula is C17H20F6N2S. The van der Waals surface area contributed by atoms with Crippen LogP contribution in [0.2, 0.25) is 0 Å². The lowest BCUT2D eigenvalue weighted by molar-refractivity contribution is -0.167. The Labute approximate surface area is 152 Å². The van der Waals surface area contributed by atoms with Crippen molar-refractivity contribution >= 4 is 23.3 Å². The van der Waals surface area contributed by atoms with Gasteiger partial charge in [0, 0.05) is 17.9 Å². The maximum absolute atomic E-state index is 13.0. The first-order chi connectivity index (χ1) is 11.9. The molecule has 0 N–H and O–H groups in total. The zero-order chi connectivity index (χ0) is 19.7. The van der Waals surface area contributed by atoms with Gasteiger partial charge in [-0.25, -0.2) is 4.99 Å². The number of alkyl halides is 6. The average molecular weight is 398 g/mol. The molecule has 1 atom stereocenters. The van der Waals surface area contributed by atoms with Gasteiger partial charge in [0.15, 0.2) is 0 Å². The van der Waals surface area contributed by atoms with Crippen LogP contribution in [0.25, 0.3) is 0 Å². The van der Waals surface area contributed by atoms with Crippen molar-refractivity contribution in [3.63, 3.8) is 0 Å². The summed E-state index contributed by atoms with van der Waals surface area (Å²) < 4.78 is 76.5. The van der Waals surface area contributed by atoms with Crippen LogP contribution in [-0.2, 0) is 0 Å². The predicted octanol–water partition coefficient (Wildman–Crippen LogP) is 6.03. The van der Waals surface area contributed by atoms with Crippen LogP contribution in [0.4, 0.5) is 32.0 Å². The quantitative estimate of drug-likeness (QED) is 0.454. The maximum atomic E-state index is 13.0. The van der Waals surface area contributed by atoms with Crippen LogP contribution in [0, 0.1) is 13.8 Å². The van der Waals surface area contributed by atoms with Gasteiger partial charge in [0.1, 0.15) is 11.9 Å². The number of amidine groups is 1. The van der Waals surface area contributed by atoms with Crippen molar-refractivity contribution in [2.75, 3.05) is 12.3 Å². The highest BCUT2D eigenvalue weighted by Gasteiger charge is 2.42. The minimum atomic E-state index is -4.36. The fourth-order valence-electron chi connectivity index (χ4n) is 2.79. The van der Waals surface area contributed by atoms with Crippen molar-refractivity contribution in [3.05, 3.63) is 23.3 Å². The third-order valence-electron chi connectivity index (χ3n) is 4.21. The van der Waals surface area contributed by atoms with Crippen LogP contribution in [0.3, 0.4) is 0 Å². The van der Waals surface area contributed by atoms with Crippen LogP contribution >= 0.6 is 11.8 Å². The van der Waals surface area contributed by atoms with Gasteiger partial charge in [0.25, 0.3) is 0 Å². The number of thioether (sulfide) groups is 1.